The molecule has 0 fully saturated rings. The molecule has 0 aliphatic carbocycles. The van der Waals surface area contributed by atoms with E-state index in [9.17, 15) is 13.2 Å². The molecule has 0 radical (unpaired) electrons. The van der Waals surface area contributed by atoms with E-state index >= 15 is 0 Å². The van der Waals surface area contributed by atoms with E-state index in [4.69, 9.17) is 4.52 Å². The zero-order chi connectivity index (χ0) is 16.3. The first kappa shape index (κ1) is 16.2. The highest BCUT2D eigenvalue weighted by atomic mass is 32.2. The van der Waals surface area contributed by atoms with Crippen LogP contribution >= 0.6 is 0 Å². The van der Waals surface area contributed by atoms with Crippen molar-refractivity contribution >= 4 is 15.9 Å². The number of nitrogens with zero attached hydrogens (tertiary/aromatic N) is 2. The number of aromatic nitrogens is 1. The van der Waals surface area contributed by atoms with Crippen LogP contribution in [0.4, 0.5) is 0 Å². The lowest BCUT2D eigenvalue weighted by Gasteiger charge is -2.15. The second-order valence-corrected chi connectivity index (χ2v) is 7.02. The SMILES string of the molecule is Cc1cc(C(=O)NCc2ccccc2S(=O)(=O)N(C)C)no1. The molecule has 0 unspecified atom stereocenters. The highest BCUT2D eigenvalue weighted by molar-refractivity contribution is 7.89. The number of aryl methyl sites for hydroxylation is 1. The number of sulfonamides is 1. The van der Waals surface area contributed by atoms with Crippen LogP contribution in [-0.4, -0.2) is 37.9 Å². The van der Waals surface area contributed by atoms with Gasteiger partial charge in [0.05, 0.1) is 4.90 Å². The molecule has 1 heterocycles. The van der Waals surface area contributed by atoms with Crippen LogP contribution in [0.1, 0.15) is 21.8 Å². The molecule has 0 atom stereocenters. The summed E-state index contributed by atoms with van der Waals surface area (Å²) in [5.41, 5.74) is 0.662. The van der Waals surface area contributed by atoms with Gasteiger partial charge in [-0.15, -0.1) is 0 Å². The third-order valence-electron chi connectivity index (χ3n) is 3.03. The molecule has 0 aliphatic rings. The molecule has 0 spiro atoms. The summed E-state index contributed by atoms with van der Waals surface area (Å²) in [6.45, 7) is 1.76. The van der Waals surface area contributed by atoms with Crippen LogP contribution in [0.2, 0.25) is 0 Å². The number of nitrogens with one attached hydrogen (secondary N) is 1. The molecular formula is C14H17N3O4S. The molecule has 8 heteroatoms. The summed E-state index contributed by atoms with van der Waals surface area (Å²) in [5, 5.41) is 6.25. The molecule has 2 aromatic rings. The van der Waals surface area contributed by atoms with Crippen LogP contribution in [0.25, 0.3) is 0 Å². The van der Waals surface area contributed by atoms with E-state index in [1.165, 1.54) is 26.2 Å². The second kappa shape index (κ2) is 6.29. The number of hydrogen-bond acceptors (Lipinski definition) is 5. The van der Waals surface area contributed by atoms with Gasteiger partial charge in [0.2, 0.25) is 10.0 Å². The number of carbonyl (C=O) groups is 1. The van der Waals surface area contributed by atoms with Gasteiger partial charge in [-0.2, -0.15) is 0 Å². The van der Waals surface area contributed by atoms with E-state index in [1.54, 1.807) is 25.1 Å². The lowest BCUT2D eigenvalue weighted by molar-refractivity contribution is 0.0941. The first-order valence-electron chi connectivity index (χ1n) is 6.54. The lowest BCUT2D eigenvalue weighted by Crippen LogP contribution is -2.27. The Morgan fingerprint density at radius 1 is 1.32 bits per heavy atom. The minimum Gasteiger partial charge on any atom is -0.361 e. The topological polar surface area (TPSA) is 92.5 Å². The van der Waals surface area contributed by atoms with E-state index in [-0.39, 0.29) is 17.1 Å². The molecule has 7 nitrogen and oxygen atoms in total. The predicted molar refractivity (Wildman–Crippen MR) is 79.7 cm³/mol. The fourth-order valence-electron chi connectivity index (χ4n) is 1.84. The van der Waals surface area contributed by atoms with Crippen LogP contribution in [0, 0.1) is 6.92 Å². The molecule has 1 aromatic heterocycles. The van der Waals surface area contributed by atoms with Gasteiger partial charge in [-0.25, -0.2) is 12.7 Å². The Morgan fingerprint density at radius 2 is 2.00 bits per heavy atom. The van der Waals surface area contributed by atoms with Crippen LogP contribution in [0.3, 0.4) is 0 Å². The van der Waals surface area contributed by atoms with Crippen molar-refractivity contribution in [2.45, 2.75) is 18.4 Å². The minimum absolute atomic E-state index is 0.0774. The van der Waals surface area contributed by atoms with Gasteiger partial charge >= 0.3 is 0 Å². The predicted octanol–water partition coefficient (Wildman–Crippen LogP) is 1.16. The monoisotopic (exact) mass is 323 g/mol. The van der Waals surface area contributed by atoms with Gasteiger partial charge in [0.25, 0.3) is 5.91 Å². The van der Waals surface area contributed by atoms with E-state index in [0.717, 1.165) is 4.31 Å². The quantitative estimate of drug-likeness (QED) is 0.891. The molecule has 1 N–H and O–H groups in total. The van der Waals surface area contributed by atoms with Crippen LogP contribution < -0.4 is 5.32 Å². The maximum absolute atomic E-state index is 12.3. The van der Waals surface area contributed by atoms with Crippen LogP contribution in [0.15, 0.2) is 39.8 Å². The third kappa shape index (κ3) is 3.34. The summed E-state index contributed by atoms with van der Waals surface area (Å²) in [6.07, 6.45) is 0. The van der Waals surface area contributed by atoms with Gasteiger partial charge in [-0.3, -0.25) is 4.79 Å². The molecule has 0 saturated heterocycles. The smallest absolute Gasteiger partial charge is 0.273 e. The minimum atomic E-state index is -3.57. The first-order valence-corrected chi connectivity index (χ1v) is 7.98. The van der Waals surface area contributed by atoms with Crippen molar-refractivity contribution in [3.05, 3.63) is 47.3 Å². The Labute approximate surface area is 129 Å². The number of benzene rings is 1. The normalized spacial score (nSPS) is 11.6. The molecule has 1 amide bonds. The molecular weight excluding hydrogens is 306 g/mol. The van der Waals surface area contributed by atoms with E-state index in [1.807, 2.05) is 0 Å². The summed E-state index contributed by atoms with van der Waals surface area (Å²) in [4.78, 5) is 12.1. The molecule has 118 valence electrons. The Bertz CT molecular complexity index is 781. The van der Waals surface area contributed by atoms with Gasteiger partial charge in [-0.1, -0.05) is 23.4 Å². The largest absolute Gasteiger partial charge is 0.361 e. The van der Waals surface area contributed by atoms with E-state index < -0.39 is 15.9 Å². The van der Waals surface area contributed by atoms with Crippen molar-refractivity contribution in [1.82, 2.24) is 14.8 Å². The zero-order valence-corrected chi connectivity index (χ0v) is 13.3. The molecule has 0 saturated carbocycles. The van der Waals surface area contributed by atoms with Gasteiger partial charge < -0.3 is 9.84 Å². The summed E-state index contributed by atoms with van der Waals surface area (Å²) in [7, 11) is -0.646. The average Bonchev–Trinajstić information content (AvgIpc) is 2.91. The van der Waals surface area contributed by atoms with Crippen molar-refractivity contribution in [1.29, 1.82) is 0 Å². The average molecular weight is 323 g/mol. The van der Waals surface area contributed by atoms with Crippen molar-refractivity contribution in [3.8, 4) is 0 Å². The van der Waals surface area contributed by atoms with Crippen LogP contribution in [-0.2, 0) is 16.6 Å². The summed E-state index contributed by atoms with van der Waals surface area (Å²) < 4.78 is 30.5. The second-order valence-electron chi connectivity index (χ2n) is 4.90. The summed E-state index contributed by atoms with van der Waals surface area (Å²) >= 11 is 0. The Kier molecular flexibility index (Phi) is 4.62. The molecule has 0 bridgehead atoms. The van der Waals surface area contributed by atoms with Gasteiger partial charge in [0.1, 0.15) is 5.76 Å². The van der Waals surface area contributed by atoms with Gasteiger partial charge in [0, 0.05) is 26.7 Å². The van der Waals surface area contributed by atoms with Crippen molar-refractivity contribution in [3.63, 3.8) is 0 Å². The summed E-state index contributed by atoms with van der Waals surface area (Å²) in [5.74, 6) is 0.106. The maximum atomic E-state index is 12.3. The molecule has 1 aromatic carbocycles. The third-order valence-corrected chi connectivity index (χ3v) is 4.95. The van der Waals surface area contributed by atoms with Gasteiger partial charge in [-0.05, 0) is 18.6 Å². The van der Waals surface area contributed by atoms with Crippen LogP contribution in [0.5, 0.6) is 0 Å². The first-order chi connectivity index (χ1) is 10.3. The van der Waals surface area contributed by atoms with Crippen molar-refractivity contribution < 1.29 is 17.7 Å². The molecule has 22 heavy (non-hydrogen) atoms. The fraction of sp³-hybridized carbons (Fsp3) is 0.286. The van der Waals surface area contributed by atoms with E-state index in [0.29, 0.717) is 11.3 Å². The molecule has 2 rings (SSSR count). The van der Waals surface area contributed by atoms with Crippen molar-refractivity contribution in [2.75, 3.05) is 14.1 Å². The standard InChI is InChI=1S/C14H17N3O4S/c1-10-8-12(16-21-10)14(18)15-9-11-6-4-5-7-13(11)22(19,20)17(2)3/h4-8H,9H2,1-3H3,(H,15,18). The Balaban J connectivity index is 2.19. The zero-order valence-electron chi connectivity index (χ0n) is 12.5. The number of hydrogen-bond donors (Lipinski definition) is 1. The van der Waals surface area contributed by atoms with Crippen molar-refractivity contribution in [2.24, 2.45) is 0 Å². The fourth-order valence-corrected chi connectivity index (χ4v) is 2.95. The maximum Gasteiger partial charge on any atom is 0.273 e. The highest BCUT2D eigenvalue weighted by Gasteiger charge is 2.21. The van der Waals surface area contributed by atoms with E-state index in [2.05, 4.69) is 10.5 Å². The highest BCUT2D eigenvalue weighted by Crippen LogP contribution is 2.18. The lowest BCUT2D eigenvalue weighted by atomic mass is 10.2. The Morgan fingerprint density at radius 3 is 2.59 bits per heavy atom. The van der Waals surface area contributed by atoms with Gasteiger partial charge in [0.15, 0.2) is 5.69 Å². The summed E-state index contributed by atoms with van der Waals surface area (Å²) in [6, 6.07) is 8.04. The number of rotatable bonds is 5. The Hall–Kier alpha value is -2.19. The number of amides is 1. The molecule has 0 aliphatic heterocycles. The number of carbonyl (C=O) groups excluding carboxylic acids is 1.